The number of hydrogen-bond donors (Lipinski definition) is 1. The van der Waals surface area contributed by atoms with Crippen LogP contribution in [0.1, 0.15) is 48.9 Å². The number of amides is 1. The largest absolute Gasteiger partial charge is 0.348 e. The normalized spacial score (nSPS) is 14.2. The molecule has 7 heteroatoms. The fraction of sp³-hybridized carbons (Fsp3) is 0.296. The molecular formula is C27H29ClN2O3S. The molecule has 3 aromatic carbocycles. The van der Waals surface area contributed by atoms with Gasteiger partial charge in [0.15, 0.2) is 0 Å². The second-order valence-electron chi connectivity index (χ2n) is 8.54. The summed E-state index contributed by atoms with van der Waals surface area (Å²) in [5.41, 5.74) is 4.05. The standard InChI is InChI=1S/C27H29ClN2O3S/c1-2-25(22-17-16-20-10-6-7-11-21(20)18-22)29-27(31)19-30(26-15-9-8-14-24(26)28)34(32,33)23-12-4-3-5-13-23/h3-5,8-9,12-18,25H,2,6-7,10-11,19H2,1H3,(H,29,31)/t25-/m1/s1. The maximum absolute atomic E-state index is 13.5. The summed E-state index contributed by atoms with van der Waals surface area (Å²) in [5, 5.41) is 3.31. The minimum Gasteiger partial charge on any atom is -0.348 e. The lowest BCUT2D eigenvalue weighted by Crippen LogP contribution is -2.42. The van der Waals surface area contributed by atoms with Crippen LogP contribution in [0, 0.1) is 0 Å². The van der Waals surface area contributed by atoms with E-state index >= 15 is 0 Å². The van der Waals surface area contributed by atoms with Gasteiger partial charge < -0.3 is 5.32 Å². The maximum Gasteiger partial charge on any atom is 0.264 e. The van der Waals surface area contributed by atoms with Crippen LogP contribution in [0.2, 0.25) is 5.02 Å². The van der Waals surface area contributed by atoms with Crippen molar-refractivity contribution in [3.05, 3.63) is 94.5 Å². The van der Waals surface area contributed by atoms with Gasteiger partial charge in [0, 0.05) is 0 Å². The van der Waals surface area contributed by atoms with Gasteiger partial charge in [0.05, 0.1) is 21.6 Å². The molecule has 0 fully saturated rings. The fourth-order valence-electron chi connectivity index (χ4n) is 4.43. The van der Waals surface area contributed by atoms with E-state index in [-0.39, 0.29) is 34.1 Å². The minimum atomic E-state index is -4.00. The topological polar surface area (TPSA) is 66.5 Å². The molecule has 0 spiro atoms. The number of aryl methyl sites for hydroxylation is 2. The lowest BCUT2D eigenvalue weighted by atomic mass is 9.89. The quantitative estimate of drug-likeness (QED) is 0.436. The third kappa shape index (κ3) is 5.29. The first-order valence-electron chi connectivity index (χ1n) is 11.6. The average Bonchev–Trinajstić information content (AvgIpc) is 2.86. The van der Waals surface area contributed by atoms with E-state index in [1.54, 1.807) is 42.5 Å². The molecule has 5 nitrogen and oxygen atoms in total. The summed E-state index contributed by atoms with van der Waals surface area (Å²) in [6.45, 7) is 1.64. The number of rotatable bonds is 8. The van der Waals surface area contributed by atoms with Crippen molar-refractivity contribution in [1.82, 2.24) is 5.32 Å². The van der Waals surface area contributed by atoms with E-state index in [1.807, 2.05) is 6.92 Å². The summed E-state index contributed by atoms with van der Waals surface area (Å²) in [6, 6.07) is 21.0. The highest BCUT2D eigenvalue weighted by atomic mass is 35.5. The fourth-order valence-corrected chi connectivity index (χ4v) is 6.18. The van der Waals surface area contributed by atoms with Gasteiger partial charge in [-0.05, 0) is 73.1 Å². The Hall–Kier alpha value is -2.83. The Morgan fingerprint density at radius 3 is 2.35 bits per heavy atom. The Morgan fingerprint density at radius 1 is 0.971 bits per heavy atom. The highest BCUT2D eigenvalue weighted by Gasteiger charge is 2.29. The van der Waals surface area contributed by atoms with Gasteiger partial charge in [0.2, 0.25) is 5.91 Å². The number of halogens is 1. The Kier molecular flexibility index (Phi) is 7.59. The van der Waals surface area contributed by atoms with Gasteiger partial charge in [-0.25, -0.2) is 8.42 Å². The van der Waals surface area contributed by atoms with Crippen LogP contribution in [-0.2, 0) is 27.7 Å². The SMILES string of the molecule is CC[C@@H](NC(=O)CN(c1ccccc1Cl)S(=O)(=O)c1ccccc1)c1ccc2c(c1)CCCC2. The van der Waals surface area contributed by atoms with Crippen molar-refractivity contribution in [3.8, 4) is 0 Å². The van der Waals surface area contributed by atoms with Gasteiger partial charge in [-0.3, -0.25) is 9.10 Å². The molecule has 1 aliphatic rings. The summed E-state index contributed by atoms with van der Waals surface area (Å²) in [5.74, 6) is -0.385. The highest BCUT2D eigenvalue weighted by molar-refractivity contribution is 7.92. The van der Waals surface area contributed by atoms with Crippen LogP contribution in [0.4, 0.5) is 5.69 Å². The molecule has 0 heterocycles. The molecule has 0 saturated heterocycles. The smallest absolute Gasteiger partial charge is 0.264 e. The van der Waals surface area contributed by atoms with Crippen molar-refractivity contribution < 1.29 is 13.2 Å². The molecule has 0 aliphatic heterocycles. The van der Waals surface area contributed by atoms with Crippen LogP contribution >= 0.6 is 11.6 Å². The van der Waals surface area contributed by atoms with Gasteiger partial charge in [-0.15, -0.1) is 0 Å². The van der Waals surface area contributed by atoms with Crippen LogP contribution in [0.5, 0.6) is 0 Å². The Morgan fingerprint density at radius 2 is 1.65 bits per heavy atom. The first-order valence-corrected chi connectivity index (χ1v) is 13.5. The predicted octanol–water partition coefficient (Wildman–Crippen LogP) is 5.68. The van der Waals surface area contributed by atoms with Crippen LogP contribution in [-0.4, -0.2) is 20.9 Å². The lowest BCUT2D eigenvalue weighted by Gasteiger charge is -2.27. The Balaban J connectivity index is 1.60. The van der Waals surface area contributed by atoms with Crippen LogP contribution in [0.3, 0.4) is 0 Å². The summed E-state index contributed by atoms with van der Waals surface area (Å²) in [4.78, 5) is 13.3. The van der Waals surface area contributed by atoms with Crippen molar-refractivity contribution in [3.63, 3.8) is 0 Å². The molecule has 1 atom stereocenters. The predicted molar refractivity (Wildman–Crippen MR) is 137 cm³/mol. The van der Waals surface area contributed by atoms with E-state index in [0.717, 1.165) is 22.7 Å². The molecular weight excluding hydrogens is 468 g/mol. The van der Waals surface area contributed by atoms with Gasteiger partial charge in [-0.2, -0.15) is 0 Å². The average molecular weight is 497 g/mol. The molecule has 1 N–H and O–H groups in total. The van der Waals surface area contributed by atoms with Gasteiger partial charge in [0.1, 0.15) is 6.54 Å². The summed E-state index contributed by atoms with van der Waals surface area (Å²) < 4.78 is 28.1. The minimum absolute atomic E-state index is 0.101. The molecule has 34 heavy (non-hydrogen) atoms. The summed E-state index contributed by atoms with van der Waals surface area (Å²) in [6.07, 6.45) is 5.26. The number of anilines is 1. The second-order valence-corrected chi connectivity index (χ2v) is 10.8. The number of fused-ring (bicyclic) bond motifs is 1. The molecule has 178 valence electrons. The monoisotopic (exact) mass is 496 g/mol. The first kappa shape index (κ1) is 24.3. The van der Waals surface area contributed by atoms with Gasteiger partial charge in [-0.1, -0.05) is 67.1 Å². The Bertz CT molecular complexity index is 1260. The number of carbonyl (C=O) groups excluding carboxylic acids is 1. The van der Waals surface area contributed by atoms with Crippen molar-refractivity contribution in [2.24, 2.45) is 0 Å². The molecule has 4 rings (SSSR count). The summed E-state index contributed by atoms with van der Waals surface area (Å²) in [7, 11) is -4.00. The van der Waals surface area contributed by atoms with E-state index in [0.29, 0.717) is 6.42 Å². The van der Waals surface area contributed by atoms with Crippen molar-refractivity contribution in [1.29, 1.82) is 0 Å². The van der Waals surface area contributed by atoms with Crippen LogP contribution in [0.25, 0.3) is 0 Å². The third-order valence-electron chi connectivity index (χ3n) is 6.26. The van der Waals surface area contributed by atoms with E-state index in [9.17, 15) is 13.2 Å². The number of para-hydroxylation sites is 1. The molecule has 0 unspecified atom stereocenters. The molecule has 0 saturated carbocycles. The van der Waals surface area contributed by atoms with Gasteiger partial charge in [0.25, 0.3) is 10.0 Å². The van der Waals surface area contributed by atoms with E-state index in [4.69, 9.17) is 11.6 Å². The number of nitrogens with zero attached hydrogens (tertiary/aromatic N) is 1. The summed E-state index contributed by atoms with van der Waals surface area (Å²) >= 11 is 6.35. The zero-order valence-electron chi connectivity index (χ0n) is 19.2. The molecule has 1 amide bonds. The van der Waals surface area contributed by atoms with Crippen LogP contribution in [0.15, 0.2) is 77.7 Å². The first-order chi connectivity index (χ1) is 16.4. The molecule has 1 aliphatic carbocycles. The number of sulfonamides is 1. The van der Waals surface area contributed by atoms with Crippen molar-refractivity contribution in [2.45, 2.75) is 50.0 Å². The van der Waals surface area contributed by atoms with Crippen LogP contribution < -0.4 is 9.62 Å². The highest BCUT2D eigenvalue weighted by Crippen LogP contribution is 2.31. The zero-order valence-corrected chi connectivity index (χ0v) is 20.8. The van der Waals surface area contributed by atoms with Crippen molar-refractivity contribution in [2.75, 3.05) is 10.8 Å². The third-order valence-corrected chi connectivity index (χ3v) is 8.35. The maximum atomic E-state index is 13.5. The molecule has 0 bridgehead atoms. The second kappa shape index (κ2) is 10.6. The molecule has 0 radical (unpaired) electrons. The zero-order chi connectivity index (χ0) is 24.1. The number of hydrogen-bond acceptors (Lipinski definition) is 3. The van der Waals surface area contributed by atoms with E-state index in [1.165, 1.54) is 36.1 Å². The van der Waals surface area contributed by atoms with Crippen molar-refractivity contribution >= 4 is 33.2 Å². The molecule has 0 aromatic heterocycles. The van der Waals surface area contributed by atoms with E-state index < -0.39 is 10.0 Å². The number of nitrogens with one attached hydrogen (secondary N) is 1. The number of carbonyl (C=O) groups is 1. The molecule has 3 aromatic rings. The van der Waals surface area contributed by atoms with Gasteiger partial charge >= 0.3 is 0 Å². The lowest BCUT2D eigenvalue weighted by molar-refractivity contribution is -0.120. The van der Waals surface area contributed by atoms with E-state index in [2.05, 4.69) is 23.5 Å². The Labute approximate surface area is 206 Å². The number of benzene rings is 3.